The molecule has 0 aromatic carbocycles. The van der Waals surface area contributed by atoms with Crippen LogP contribution in [0.5, 0.6) is 0 Å². The molecule has 1 aliphatic rings. The molecule has 4 nitrogen and oxygen atoms in total. The Balaban J connectivity index is 1.95. The van der Waals surface area contributed by atoms with Gasteiger partial charge < -0.3 is 16.0 Å². The van der Waals surface area contributed by atoms with Crippen molar-refractivity contribution in [2.45, 2.75) is 19.5 Å². The smallest absolute Gasteiger partial charge is 0.0545 e. The molecule has 1 aromatic rings. The number of aromatic nitrogens is 1. The number of pyridine rings is 1. The third-order valence-corrected chi connectivity index (χ3v) is 2.66. The molecular weight excluding hydrogens is 200 g/mol. The summed E-state index contributed by atoms with van der Waals surface area (Å²) >= 11 is 0. The Bertz CT molecular complexity index is 286. The second kappa shape index (κ2) is 6.58. The van der Waals surface area contributed by atoms with Crippen LogP contribution in [0.3, 0.4) is 0 Å². The number of hydrogen-bond acceptors (Lipinski definition) is 4. The summed E-state index contributed by atoms with van der Waals surface area (Å²) in [5.41, 5.74) is 2.25. The molecule has 1 aliphatic heterocycles. The van der Waals surface area contributed by atoms with Crippen molar-refractivity contribution in [1.82, 2.24) is 20.9 Å². The van der Waals surface area contributed by atoms with E-state index in [1.807, 2.05) is 0 Å². The van der Waals surface area contributed by atoms with E-state index in [9.17, 15) is 0 Å². The lowest BCUT2D eigenvalue weighted by Gasteiger charge is -2.05. The highest BCUT2D eigenvalue weighted by Gasteiger charge is 1.99. The minimum atomic E-state index is 0.857. The molecule has 0 radical (unpaired) electrons. The van der Waals surface area contributed by atoms with Crippen molar-refractivity contribution in [2.24, 2.45) is 0 Å². The molecule has 0 unspecified atom stereocenters. The molecule has 2 heterocycles. The summed E-state index contributed by atoms with van der Waals surface area (Å²) in [6.07, 6.45) is 1.17. The van der Waals surface area contributed by atoms with E-state index in [0.29, 0.717) is 0 Å². The quantitative estimate of drug-likeness (QED) is 0.587. The van der Waals surface area contributed by atoms with Crippen LogP contribution in [-0.4, -0.2) is 31.2 Å². The van der Waals surface area contributed by atoms with Gasteiger partial charge in [-0.1, -0.05) is 6.07 Å². The van der Waals surface area contributed by atoms with Gasteiger partial charge in [0, 0.05) is 26.2 Å². The molecule has 0 amide bonds. The number of nitrogens with zero attached hydrogens (tertiary/aromatic N) is 1. The van der Waals surface area contributed by atoms with Gasteiger partial charge in [-0.15, -0.1) is 0 Å². The molecule has 0 saturated heterocycles. The van der Waals surface area contributed by atoms with E-state index < -0.39 is 0 Å². The van der Waals surface area contributed by atoms with Crippen LogP contribution in [0.1, 0.15) is 17.8 Å². The fourth-order valence-electron chi connectivity index (χ4n) is 1.80. The van der Waals surface area contributed by atoms with Gasteiger partial charge in [0.2, 0.25) is 0 Å². The molecule has 88 valence electrons. The average molecular weight is 220 g/mol. The van der Waals surface area contributed by atoms with Crippen molar-refractivity contribution in [2.75, 3.05) is 26.2 Å². The zero-order valence-corrected chi connectivity index (χ0v) is 9.63. The third kappa shape index (κ3) is 3.89. The molecule has 0 saturated carbocycles. The van der Waals surface area contributed by atoms with Crippen LogP contribution in [0, 0.1) is 0 Å². The fraction of sp³-hybridized carbons (Fsp3) is 0.583. The van der Waals surface area contributed by atoms with E-state index in [0.717, 1.165) is 50.7 Å². The Morgan fingerprint density at radius 3 is 2.25 bits per heavy atom. The lowest BCUT2D eigenvalue weighted by molar-refractivity contribution is 0.576. The maximum absolute atomic E-state index is 4.59. The van der Waals surface area contributed by atoms with Gasteiger partial charge in [-0.2, -0.15) is 0 Å². The standard InChI is InChI=1S/C12H20N4/c1-3-11-9-14-6-2-5-13-7-8-15-10-12(4-1)16-11/h1,3-4,13-15H,2,5-10H2. The van der Waals surface area contributed by atoms with Gasteiger partial charge in [0.15, 0.2) is 0 Å². The van der Waals surface area contributed by atoms with Crippen LogP contribution in [0.2, 0.25) is 0 Å². The molecule has 0 spiro atoms. The molecule has 0 aliphatic carbocycles. The molecule has 16 heavy (non-hydrogen) atoms. The van der Waals surface area contributed by atoms with Crippen LogP contribution in [0.4, 0.5) is 0 Å². The van der Waals surface area contributed by atoms with Crippen LogP contribution in [0.15, 0.2) is 18.2 Å². The van der Waals surface area contributed by atoms with Crippen molar-refractivity contribution in [3.63, 3.8) is 0 Å². The molecule has 0 fully saturated rings. The zero-order valence-electron chi connectivity index (χ0n) is 9.63. The van der Waals surface area contributed by atoms with Gasteiger partial charge >= 0.3 is 0 Å². The van der Waals surface area contributed by atoms with Gasteiger partial charge in [-0.3, -0.25) is 4.98 Å². The molecule has 2 rings (SSSR count). The van der Waals surface area contributed by atoms with E-state index in [4.69, 9.17) is 0 Å². The maximum atomic E-state index is 4.59. The van der Waals surface area contributed by atoms with Crippen LogP contribution in [-0.2, 0) is 13.1 Å². The molecule has 1 aromatic heterocycles. The van der Waals surface area contributed by atoms with Gasteiger partial charge in [-0.25, -0.2) is 0 Å². The van der Waals surface area contributed by atoms with Crippen molar-refractivity contribution >= 4 is 0 Å². The lowest BCUT2D eigenvalue weighted by Crippen LogP contribution is -2.28. The van der Waals surface area contributed by atoms with Crippen molar-refractivity contribution in [3.8, 4) is 0 Å². The summed E-state index contributed by atoms with van der Waals surface area (Å²) in [7, 11) is 0. The first kappa shape index (κ1) is 11.5. The summed E-state index contributed by atoms with van der Waals surface area (Å²) in [5, 5.41) is 10.2. The Hall–Kier alpha value is -0.970. The first-order chi connectivity index (χ1) is 7.95. The predicted octanol–water partition coefficient (Wildman–Crippen LogP) is 0.254. The summed E-state index contributed by atoms with van der Waals surface area (Å²) in [6.45, 7) is 5.88. The highest BCUT2D eigenvalue weighted by atomic mass is 15.0. The monoisotopic (exact) mass is 220 g/mol. The molecule has 0 atom stereocenters. The lowest BCUT2D eigenvalue weighted by atomic mass is 10.3. The number of fused-ring (bicyclic) bond motifs is 2. The minimum Gasteiger partial charge on any atom is -0.315 e. The summed E-state index contributed by atoms with van der Waals surface area (Å²) in [4.78, 5) is 4.59. The van der Waals surface area contributed by atoms with Crippen LogP contribution >= 0.6 is 0 Å². The van der Waals surface area contributed by atoms with Gasteiger partial charge in [0.25, 0.3) is 0 Å². The highest BCUT2D eigenvalue weighted by molar-refractivity contribution is 5.11. The summed E-state index contributed by atoms with van der Waals surface area (Å²) < 4.78 is 0. The molecule has 2 bridgehead atoms. The first-order valence-electron chi connectivity index (χ1n) is 6.02. The Morgan fingerprint density at radius 1 is 0.812 bits per heavy atom. The van der Waals surface area contributed by atoms with Crippen molar-refractivity contribution < 1.29 is 0 Å². The summed E-state index contributed by atoms with van der Waals surface area (Å²) in [6, 6.07) is 6.23. The number of nitrogens with one attached hydrogen (secondary N) is 3. The van der Waals surface area contributed by atoms with Crippen LogP contribution < -0.4 is 16.0 Å². The predicted molar refractivity (Wildman–Crippen MR) is 65.1 cm³/mol. The molecular formula is C12H20N4. The Morgan fingerprint density at radius 2 is 1.44 bits per heavy atom. The molecule has 4 heteroatoms. The van der Waals surface area contributed by atoms with Gasteiger partial charge in [-0.05, 0) is 31.6 Å². The summed E-state index contributed by atoms with van der Waals surface area (Å²) in [5.74, 6) is 0. The highest BCUT2D eigenvalue weighted by Crippen LogP contribution is 1.99. The van der Waals surface area contributed by atoms with Crippen LogP contribution in [0.25, 0.3) is 0 Å². The Kier molecular flexibility index (Phi) is 4.73. The molecule has 3 N–H and O–H groups in total. The van der Waals surface area contributed by atoms with Gasteiger partial charge in [0.05, 0.1) is 11.4 Å². The van der Waals surface area contributed by atoms with E-state index in [1.54, 1.807) is 0 Å². The second-order valence-electron chi connectivity index (χ2n) is 4.08. The second-order valence-corrected chi connectivity index (χ2v) is 4.08. The Labute approximate surface area is 96.8 Å². The minimum absolute atomic E-state index is 0.857. The topological polar surface area (TPSA) is 49.0 Å². The maximum Gasteiger partial charge on any atom is 0.0545 e. The third-order valence-electron chi connectivity index (χ3n) is 2.66. The largest absolute Gasteiger partial charge is 0.315 e. The zero-order chi connectivity index (χ0) is 11.1. The number of hydrogen-bond donors (Lipinski definition) is 3. The van der Waals surface area contributed by atoms with E-state index in [-0.39, 0.29) is 0 Å². The van der Waals surface area contributed by atoms with Gasteiger partial charge in [0.1, 0.15) is 0 Å². The van der Waals surface area contributed by atoms with Crippen molar-refractivity contribution in [3.05, 3.63) is 29.6 Å². The number of rotatable bonds is 0. The first-order valence-corrected chi connectivity index (χ1v) is 6.02. The normalized spacial score (nSPS) is 19.2. The van der Waals surface area contributed by atoms with E-state index >= 15 is 0 Å². The van der Waals surface area contributed by atoms with E-state index in [2.05, 4.69) is 39.1 Å². The fourth-order valence-corrected chi connectivity index (χ4v) is 1.80. The average Bonchev–Trinajstić information content (AvgIpc) is 2.32. The van der Waals surface area contributed by atoms with E-state index in [1.165, 1.54) is 6.42 Å². The van der Waals surface area contributed by atoms with Crippen molar-refractivity contribution in [1.29, 1.82) is 0 Å². The SMILES string of the molecule is c1cc2nc(c1)CNCCNCCCNC2.